The van der Waals surface area contributed by atoms with Gasteiger partial charge in [-0.3, -0.25) is 0 Å². The summed E-state index contributed by atoms with van der Waals surface area (Å²) in [7, 11) is 0. The standard InChI is InChI=1S/C26H32N4O2/c1-21-18-23(20-27)6-8-25(21)31-16-4-10-29-12-14-30(15-13-29)11-5-17-32-26-9-7-24(28-3)19-22(26)2/h6-9,18-19H,4-5,10-17H2,1-2H3. The molecule has 1 aliphatic rings. The molecule has 0 bridgehead atoms. The molecule has 32 heavy (non-hydrogen) atoms. The summed E-state index contributed by atoms with van der Waals surface area (Å²) in [6.07, 6.45) is 2.00. The normalized spacial score (nSPS) is 14.5. The van der Waals surface area contributed by atoms with Gasteiger partial charge in [-0.15, -0.1) is 0 Å². The average Bonchev–Trinajstić information content (AvgIpc) is 2.81. The Morgan fingerprint density at radius 2 is 1.41 bits per heavy atom. The van der Waals surface area contributed by atoms with Crippen LogP contribution in [0.4, 0.5) is 5.69 Å². The number of aryl methyl sites for hydroxylation is 2. The van der Waals surface area contributed by atoms with Crippen molar-refractivity contribution in [2.75, 3.05) is 52.5 Å². The van der Waals surface area contributed by atoms with Gasteiger partial charge in [0.25, 0.3) is 0 Å². The van der Waals surface area contributed by atoms with E-state index in [1.807, 2.05) is 44.2 Å². The average molecular weight is 433 g/mol. The molecule has 1 fully saturated rings. The lowest BCUT2D eigenvalue weighted by molar-refractivity contribution is 0.120. The Labute approximate surface area is 191 Å². The van der Waals surface area contributed by atoms with Gasteiger partial charge in [-0.2, -0.15) is 5.26 Å². The number of benzene rings is 2. The Hall–Kier alpha value is -3.06. The summed E-state index contributed by atoms with van der Waals surface area (Å²) in [6.45, 7) is 18.9. The number of nitriles is 1. The summed E-state index contributed by atoms with van der Waals surface area (Å²) < 4.78 is 11.8. The molecule has 1 aliphatic heterocycles. The molecule has 0 unspecified atom stereocenters. The molecule has 1 saturated heterocycles. The Kier molecular flexibility index (Phi) is 8.92. The Morgan fingerprint density at radius 3 is 1.88 bits per heavy atom. The minimum absolute atomic E-state index is 0.656. The van der Waals surface area contributed by atoms with E-state index in [4.69, 9.17) is 21.3 Å². The van der Waals surface area contributed by atoms with Crippen molar-refractivity contribution >= 4 is 5.69 Å². The molecule has 6 nitrogen and oxygen atoms in total. The number of hydrogen-bond donors (Lipinski definition) is 0. The van der Waals surface area contributed by atoms with Crippen molar-refractivity contribution in [1.82, 2.24) is 9.80 Å². The van der Waals surface area contributed by atoms with Crippen molar-refractivity contribution in [3.8, 4) is 17.6 Å². The van der Waals surface area contributed by atoms with E-state index in [1.165, 1.54) is 0 Å². The smallest absolute Gasteiger partial charge is 0.187 e. The lowest BCUT2D eigenvalue weighted by Crippen LogP contribution is -2.47. The highest BCUT2D eigenvalue weighted by Crippen LogP contribution is 2.23. The minimum Gasteiger partial charge on any atom is -0.493 e. The zero-order valence-corrected chi connectivity index (χ0v) is 19.1. The van der Waals surface area contributed by atoms with E-state index in [2.05, 4.69) is 20.7 Å². The highest BCUT2D eigenvalue weighted by Gasteiger charge is 2.16. The van der Waals surface area contributed by atoms with Crippen LogP contribution in [0.25, 0.3) is 4.85 Å². The first-order valence-corrected chi connectivity index (χ1v) is 11.3. The van der Waals surface area contributed by atoms with Gasteiger partial charge in [0.1, 0.15) is 11.5 Å². The quantitative estimate of drug-likeness (QED) is 0.406. The van der Waals surface area contributed by atoms with Gasteiger partial charge in [0, 0.05) is 39.3 Å². The fourth-order valence-electron chi connectivity index (χ4n) is 3.92. The third kappa shape index (κ3) is 6.99. The second-order valence-electron chi connectivity index (χ2n) is 8.24. The van der Waals surface area contributed by atoms with E-state index >= 15 is 0 Å². The second-order valence-corrected chi connectivity index (χ2v) is 8.24. The zero-order valence-electron chi connectivity index (χ0n) is 19.1. The third-order valence-electron chi connectivity index (χ3n) is 5.81. The molecule has 3 rings (SSSR count). The van der Waals surface area contributed by atoms with E-state index in [0.717, 1.165) is 74.7 Å². The second kappa shape index (κ2) is 12.1. The van der Waals surface area contributed by atoms with E-state index < -0.39 is 0 Å². The van der Waals surface area contributed by atoms with Crippen molar-refractivity contribution in [1.29, 1.82) is 5.26 Å². The van der Waals surface area contributed by atoms with Gasteiger partial charge in [0.15, 0.2) is 5.69 Å². The van der Waals surface area contributed by atoms with Gasteiger partial charge in [-0.05, 0) is 68.1 Å². The van der Waals surface area contributed by atoms with Crippen LogP contribution in [-0.4, -0.2) is 62.3 Å². The lowest BCUT2D eigenvalue weighted by Gasteiger charge is -2.34. The van der Waals surface area contributed by atoms with E-state index in [1.54, 1.807) is 6.07 Å². The van der Waals surface area contributed by atoms with E-state index in [0.29, 0.717) is 24.5 Å². The highest BCUT2D eigenvalue weighted by atomic mass is 16.5. The van der Waals surface area contributed by atoms with Crippen molar-refractivity contribution in [2.45, 2.75) is 26.7 Å². The highest BCUT2D eigenvalue weighted by molar-refractivity contribution is 5.51. The van der Waals surface area contributed by atoms with Crippen LogP contribution in [0.2, 0.25) is 0 Å². The Balaban J connectivity index is 1.26. The van der Waals surface area contributed by atoms with Crippen molar-refractivity contribution in [3.63, 3.8) is 0 Å². The summed E-state index contributed by atoms with van der Waals surface area (Å²) in [5.74, 6) is 1.74. The molecule has 2 aromatic carbocycles. The van der Waals surface area contributed by atoms with Gasteiger partial charge in [0.2, 0.25) is 0 Å². The molecule has 0 aromatic heterocycles. The largest absolute Gasteiger partial charge is 0.493 e. The molecule has 1 heterocycles. The monoisotopic (exact) mass is 432 g/mol. The Bertz CT molecular complexity index is 889. The van der Waals surface area contributed by atoms with Gasteiger partial charge < -0.3 is 19.3 Å². The molecule has 2 aromatic rings. The number of piperazine rings is 1. The van der Waals surface area contributed by atoms with Crippen molar-refractivity contribution < 1.29 is 9.47 Å². The molecule has 0 saturated carbocycles. The first-order chi connectivity index (χ1) is 15.6. The van der Waals surface area contributed by atoms with Crippen LogP contribution in [0, 0.1) is 31.8 Å². The predicted molar refractivity (Wildman–Crippen MR) is 126 cm³/mol. The maximum absolute atomic E-state index is 8.95. The van der Waals surface area contributed by atoms with Crippen LogP contribution in [0.15, 0.2) is 36.4 Å². The van der Waals surface area contributed by atoms with Gasteiger partial charge in [-0.25, -0.2) is 4.85 Å². The van der Waals surface area contributed by atoms with Crippen LogP contribution in [0.3, 0.4) is 0 Å². The van der Waals surface area contributed by atoms with Crippen LogP contribution in [0.5, 0.6) is 11.5 Å². The zero-order chi connectivity index (χ0) is 22.8. The van der Waals surface area contributed by atoms with Gasteiger partial charge >= 0.3 is 0 Å². The van der Waals surface area contributed by atoms with Crippen molar-refractivity contribution in [3.05, 3.63) is 64.5 Å². The van der Waals surface area contributed by atoms with E-state index in [9.17, 15) is 0 Å². The van der Waals surface area contributed by atoms with Crippen LogP contribution >= 0.6 is 0 Å². The summed E-state index contributed by atoms with van der Waals surface area (Å²) in [5.41, 5.74) is 3.36. The fraction of sp³-hybridized carbons (Fsp3) is 0.462. The molecule has 0 aliphatic carbocycles. The summed E-state index contributed by atoms with van der Waals surface area (Å²) in [6, 6.07) is 13.3. The maximum atomic E-state index is 8.95. The first kappa shape index (κ1) is 23.6. The fourth-order valence-corrected chi connectivity index (χ4v) is 3.92. The summed E-state index contributed by atoms with van der Waals surface area (Å²) in [4.78, 5) is 8.46. The summed E-state index contributed by atoms with van der Waals surface area (Å²) >= 11 is 0. The molecule has 6 heteroatoms. The molecule has 168 valence electrons. The topological polar surface area (TPSA) is 53.1 Å². The molecular weight excluding hydrogens is 400 g/mol. The molecule has 0 amide bonds. The molecule has 0 N–H and O–H groups in total. The number of nitrogens with zero attached hydrogens (tertiary/aromatic N) is 4. The number of hydrogen-bond acceptors (Lipinski definition) is 5. The van der Waals surface area contributed by atoms with Gasteiger partial charge in [0.05, 0.1) is 31.4 Å². The molecule has 0 spiro atoms. The van der Waals surface area contributed by atoms with E-state index in [-0.39, 0.29) is 0 Å². The molecule has 0 radical (unpaired) electrons. The predicted octanol–water partition coefficient (Wildman–Crippen LogP) is 4.58. The summed E-state index contributed by atoms with van der Waals surface area (Å²) in [5, 5.41) is 8.95. The molecular formula is C26H32N4O2. The maximum Gasteiger partial charge on any atom is 0.187 e. The van der Waals surface area contributed by atoms with Crippen LogP contribution < -0.4 is 9.47 Å². The third-order valence-corrected chi connectivity index (χ3v) is 5.81. The van der Waals surface area contributed by atoms with Gasteiger partial charge in [-0.1, -0.05) is 6.07 Å². The van der Waals surface area contributed by atoms with Crippen molar-refractivity contribution in [2.24, 2.45) is 0 Å². The molecule has 0 atom stereocenters. The SMILES string of the molecule is [C-]#[N+]c1ccc(OCCCN2CCN(CCCOc3ccc(C#N)cc3C)CC2)c(C)c1. The Morgan fingerprint density at radius 1 is 0.875 bits per heavy atom. The number of rotatable bonds is 10. The lowest BCUT2D eigenvalue weighted by atomic mass is 10.1. The van der Waals surface area contributed by atoms with Crippen LogP contribution in [0.1, 0.15) is 29.5 Å². The minimum atomic E-state index is 0.656. The van der Waals surface area contributed by atoms with Crippen LogP contribution in [-0.2, 0) is 0 Å². The number of ether oxygens (including phenoxy) is 2. The first-order valence-electron chi connectivity index (χ1n) is 11.3.